The van der Waals surface area contributed by atoms with Crippen LogP contribution >= 0.6 is 0 Å². The van der Waals surface area contributed by atoms with Crippen LogP contribution in [0.25, 0.3) is 10.8 Å². The minimum atomic E-state index is -0.563. The molecule has 4 rings (SSSR count). The highest BCUT2D eigenvalue weighted by Crippen LogP contribution is 2.36. The lowest BCUT2D eigenvalue weighted by atomic mass is 9.92. The Morgan fingerprint density at radius 3 is 2.06 bits per heavy atom. The number of aromatic hydroxyl groups is 1. The smallest absolute Gasteiger partial charge is 0.252 e. The number of hydrogen-bond acceptors (Lipinski definition) is 4. The van der Waals surface area contributed by atoms with Gasteiger partial charge >= 0.3 is 0 Å². The summed E-state index contributed by atoms with van der Waals surface area (Å²) in [6.45, 7) is 0. The maximum atomic E-state index is 13.1. The van der Waals surface area contributed by atoms with Gasteiger partial charge < -0.3 is 19.9 Å². The number of carbonyl (C=O) groups is 1. The Morgan fingerprint density at radius 1 is 0.806 bits per heavy atom. The second-order valence-corrected chi connectivity index (χ2v) is 7.13. The highest BCUT2D eigenvalue weighted by atomic mass is 16.5. The fourth-order valence-corrected chi connectivity index (χ4v) is 3.66. The van der Waals surface area contributed by atoms with E-state index in [1.807, 2.05) is 54.6 Å². The monoisotopic (exact) mass is 413 g/mol. The predicted octanol–water partition coefficient (Wildman–Crippen LogP) is 5.08. The number of phenols is 1. The molecule has 0 heterocycles. The van der Waals surface area contributed by atoms with E-state index in [9.17, 15) is 9.90 Å². The summed E-state index contributed by atoms with van der Waals surface area (Å²) in [5.74, 6) is 1.26. The second-order valence-electron chi connectivity index (χ2n) is 7.13. The van der Waals surface area contributed by atoms with Gasteiger partial charge in [0.1, 0.15) is 17.2 Å². The molecular weight excluding hydrogens is 390 g/mol. The molecule has 0 aliphatic heterocycles. The van der Waals surface area contributed by atoms with Gasteiger partial charge in [-0.1, -0.05) is 42.5 Å². The number of benzene rings is 4. The number of nitrogens with one attached hydrogen (secondary N) is 1. The van der Waals surface area contributed by atoms with Crippen LogP contribution in [-0.4, -0.2) is 25.2 Å². The van der Waals surface area contributed by atoms with Crippen LogP contribution in [0.2, 0.25) is 0 Å². The van der Waals surface area contributed by atoms with Crippen LogP contribution < -0.4 is 14.8 Å². The van der Waals surface area contributed by atoms with Crippen LogP contribution in [0.1, 0.15) is 27.5 Å². The topological polar surface area (TPSA) is 67.8 Å². The zero-order valence-corrected chi connectivity index (χ0v) is 17.3. The molecule has 0 saturated carbocycles. The number of methoxy groups -OCH3 is 2. The van der Waals surface area contributed by atoms with Gasteiger partial charge in [0.25, 0.3) is 5.91 Å². The van der Waals surface area contributed by atoms with Gasteiger partial charge in [0.15, 0.2) is 0 Å². The van der Waals surface area contributed by atoms with Crippen molar-refractivity contribution in [1.29, 1.82) is 0 Å². The molecule has 0 saturated heterocycles. The standard InChI is InChI=1S/C26H23NO4/c1-30-20-12-7-18(8-13-20)25(27-26(29)19-9-14-21(31-2)15-10-19)24-22-6-4-3-5-17(22)11-16-23(24)28/h3-16,25,28H,1-2H3,(H,27,29)/t25-/m1/s1. The van der Waals surface area contributed by atoms with Gasteiger partial charge in [-0.05, 0) is 58.8 Å². The minimum Gasteiger partial charge on any atom is -0.508 e. The first-order valence-electron chi connectivity index (χ1n) is 9.90. The number of amides is 1. The molecule has 0 aliphatic carbocycles. The summed E-state index contributed by atoms with van der Waals surface area (Å²) < 4.78 is 10.5. The molecule has 1 atom stereocenters. The normalized spacial score (nSPS) is 11.7. The van der Waals surface area contributed by atoms with Crippen molar-refractivity contribution >= 4 is 16.7 Å². The van der Waals surface area contributed by atoms with Crippen molar-refractivity contribution in [3.63, 3.8) is 0 Å². The van der Waals surface area contributed by atoms with Gasteiger partial charge in [0, 0.05) is 11.1 Å². The fourth-order valence-electron chi connectivity index (χ4n) is 3.66. The van der Waals surface area contributed by atoms with Crippen molar-refractivity contribution in [3.8, 4) is 17.2 Å². The minimum absolute atomic E-state index is 0.120. The maximum absolute atomic E-state index is 13.1. The Bertz CT molecular complexity index is 1200. The van der Waals surface area contributed by atoms with Gasteiger partial charge in [0.05, 0.1) is 20.3 Å². The number of carbonyl (C=O) groups excluding carboxylic acids is 1. The largest absolute Gasteiger partial charge is 0.508 e. The lowest BCUT2D eigenvalue weighted by molar-refractivity contribution is 0.0943. The zero-order chi connectivity index (χ0) is 21.8. The van der Waals surface area contributed by atoms with E-state index in [0.29, 0.717) is 22.6 Å². The number of phenolic OH excluding ortho intramolecular Hbond substituents is 1. The van der Waals surface area contributed by atoms with Crippen molar-refractivity contribution in [1.82, 2.24) is 5.32 Å². The third-order valence-corrected chi connectivity index (χ3v) is 5.31. The van der Waals surface area contributed by atoms with E-state index in [4.69, 9.17) is 9.47 Å². The second kappa shape index (κ2) is 8.79. The van der Waals surface area contributed by atoms with Crippen LogP contribution in [0.15, 0.2) is 84.9 Å². The first kappa shape index (κ1) is 20.3. The third kappa shape index (κ3) is 4.16. The number of rotatable bonds is 6. The van der Waals surface area contributed by atoms with Gasteiger partial charge in [0.2, 0.25) is 0 Å². The van der Waals surface area contributed by atoms with Crippen molar-refractivity contribution in [3.05, 3.63) is 102 Å². The van der Waals surface area contributed by atoms with Crippen LogP contribution in [0.3, 0.4) is 0 Å². The summed E-state index contributed by atoms with van der Waals surface area (Å²) in [6.07, 6.45) is 0. The molecule has 2 N–H and O–H groups in total. The quantitative estimate of drug-likeness (QED) is 0.462. The lowest BCUT2D eigenvalue weighted by Crippen LogP contribution is -2.29. The van der Waals surface area contributed by atoms with Gasteiger partial charge in [-0.15, -0.1) is 0 Å². The van der Waals surface area contributed by atoms with E-state index >= 15 is 0 Å². The summed E-state index contributed by atoms with van der Waals surface area (Å²) in [7, 11) is 3.19. The molecular formula is C26H23NO4. The zero-order valence-electron chi connectivity index (χ0n) is 17.3. The molecule has 0 bridgehead atoms. The average molecular weight is 413 g/mol. The van der Waals surface area contributed by atoms with Gasteiger partial charge in [-0.2, -0.15) is 0 Å². The SMILES string of the molecule is COc1ccc(C(=O)N[C@H](c2ccc(OC)cc2)c2c(O)ccc3ccccc23)cc1. The number of ether oxygens (including phenoxy) is 2. The molecule has 0 fully saturated rings. The van der Waals surface area contributed by atoms with Crippen LogP contribution in [-0.2, 0) is 0 Å². The maximum Gasteiger partial charge on any atom is 0.252 e. The molecule has 5 heteroatoms. The molecule has 1 amide bonds. The Kier molecular flexibility index (Phi) is 5.76. The molecule has 0 spiro atoms. The highest BCUT2D eigenvalue weighted by Gasteiger charge is 2.23. The molecule has 4 aromatic rings. The molecule has 0 aromatic heterocycles. The molecule has 156 valence electrons. The van der Waals surface area contributed by atoms with Crippen molar-refractivity contribution < 1.29 is 19.4 Å². The summed E-state index contributed by atoms with van der Waals surface area (Å²) in [4.78, 5) is 13.1. The summed E-state index contributed by atoms with van der Waals surface area (Å²) in [5.41, 5.74) is 1.97. The van der Waals surface area contributed by atoms with Crippen LogP contribution in [0, 0.1) is 0 Å². The van der Waals surface area contributed by atoms with E-state index in [2.05, 4.69) is 5.32 Å². The van der Waals surface area contributed by atoms with Crippen LogP contribution in [0.4, 0.5) is 0 Å². The Balaban J connectivity index is 1.80. The summed E-state index contributed by atoms with van der Waals surface area (Å²) >= 11 is 0. The van der Waals surface area contributed by atoms with Crippen LogP contribution in [0.5, 0.6) is 17.2 Å². The molecule has 0 unspecified atom stereocenters. The van der Waals surface area contributed by atoms with Crippen molar-refractivity contribution in [2.45, 2.75) is 6.04 Å². The summed E-state index contributed by atoms with van der Waals surface area (Å²) in [6, 6.07) is 25.1. The van der Waals surface area contributed by atoms with Gasteiger partial charge in [-0.3, -0.25) is 4.79 Å². The molecule has 5 nitrogen and oxygen atoms in total. The van der Waals surface area contributed by atoms with E-state index < -0.39 is 6.04 Å². The number of hydrogen-bond donors (Lipinski definition) is 2. The molecule has 0 aliphatic rings. The first-order chi connectivity index (χ1) is 15.1. The lowest BCUT2D eigenvalue weighted by Gasteiger charge is -2.23. The first-order valence-corrected chi connectivity index (χ1v) is 9.90. The van der Waals surface area contributed by atoms with E-state index in [1.54, 1.807) is 44.6 Å². The van der Waals surface area contributed by atoms with E-state index in [0.717, 1.165) is 16.3 Å². The number of fused-ring (bicyclic) bond motifs is 1. The highest BCUT2D eigenvalue weighted by molar-refractivity contribution is 5.96. The Hall–Kier alpha value is -3.99. The molecule has 31 heavy (non-hydrogen) atoms. The molecule has 4 aromatic carbocycles. The van der Waals surface area contributed by atoms with Gasteiger partial charge in [-0.25, -0.2) is 0 Å². The third-order valence-electron chi connectivity index (χ3n) is 5.31. The Labute approximate surface area is 180 Å². The van der Waals surface area contributed by atoms with Crippen molar-refractivity contribution in [2.24, 2.45) is 0 Å². The summed E-state index contributed by atoms with van der Waals surface area (Å²) in [5, 5.41) is 15.7. The predicted molar refractivity (Wildman–Crippen MR) is 121 cm³/mol. The van der Waals surface area contributed by atoms with Crippen molar-refractivity contribution in [2.75, 3.05) is 14.2 Å². The van der Waals surface area contributed by atoms with E-state index in [1.165, 1.54) is 0 Å². The molecule has 0 radical (unpaired) electrons. The Morgan fingerprint density at radius 2 is 1.42 bits per heavy atom. The average Bonchev–Trinajstić information content (AvgIpc) is 2.83. The fraction of sp³-hybridized carbons (Fsp3) is 0.115. The van der Waals surface area contributed by atoms with E-state index in [-0.39, 0.29) is 11.7 Å².